The van der Waals surface area contributed by atoms with E-state index < -0.39 is 0 Å². The van der Waals surface area contributed by atoms with Crippen LogP contribution in [0.1, 0.15) is 43.0 Å². The Balaban J connectivity index is 0.000000791. The summed E-state index contributed by atoms with van der Waals surface area (Å²) in [6.07, 6.45) is 0. The molecule has 1 rings (SSSR count). The second kappa shape index (κ2) is 5.64. The van der Waals surface area contributed by atoms with Gasteiger partial charge in [-0.1, -0.05) is 38.1 Å². The molecule has 0 heteroatoms. The second-order valence-corrected chi connectivity index (χ2v) is 3.46. The molecule has 0 saturated heterocycles. The summed E-state index contributed by atoms with van der Waals surface area (Å²) in [7, 11) is 0. The summed E-state index contributed by atoms with van der Waals surface area (Å²) >= 11 is 0. The zero-order chi connectivity index (χ0) is 11.3. The van der Waals surface area contributed by atoms with Crippen molar-refractivity contribution in [3.05, 3.63) is 41.0 Å². The first-order valence-electron chi connectivity index (χ1n) is 5.26. The maximum absolute atomic E-state index is 3.96. The van der Waals surface area contributed by atoms with Crippen LogP contribution in [0.3, 0.4) is 0 Å². The van der Waals surface area contributed by atoms with Gasteiger partial charge < -0.3 is 0 Å². The quantitative estimate of drug-likeness (QED) is 0.603. The molecule has 78 valence electrons. The Kier molecular flexibility index (Phi) is 5.22. The van der Waals surface area contributed by atoms with Gasteiger partial charge in [0.1, 0.15) is 0 Å². The normalized spacial score (nSPS) is 9.00. The van der Waals surface area contributed by atoms with Gasteiger partial charge >= 0.3 is 0 Å². The van der Waals surface area contributed by atoms with Gasteiger partial charge in [0, 0.05) is 0 Å². The first-order valence-corrected chi connectivity index (χ1v) is 5.26. The molecule has 1 aromatic rings. The number of rotatable bonds is 1. The number of hydrogen-bond donors (Lipinski definition) is 0. The summed E-state index contributed by atoms with van der Waals surface area (Å²) in [5.74, 6) is 0. The Bertz CT molecular complexity index is 319. The van der Waals surface area contributed by atoms with Gasteiger partial charge in [-0.2, -0.15) is 0 Å². The Labute approximate surface area is 88.7 Å². The molecule has 0 fully saturated rings. The number of aryl methyl sites for hydroxylation is 1. The summed E-state index contributed by atoms with van der Waals surface area (Å²) < 4.78 is 0. The van der Waals surface area contributed by atoms with Gasteiger partial charge in [0.25, 0.3) is 0 Å². The average Bonchev–Trinajstić information content (AvgIpc) is 2.17. The molecule has 0 spiro atoms. The van der Waals surface area contributed by atoms with Gasteiger partial charge in [0.15, 0.2) is 0 Å². The molecular formula is C14H22. The van der Waals surface area contributed by atoms with Crippen molar-refractivity contribution < 1.29 is 0 Å². The van der Waals surface area contributed by atoms with Crippen LogP contribution in [0.4, 0.5) is 0 Å². The van der Waals surface area contributed by atoms with E-state index in [4.69, 9.17) is 0 Å². The predicted octanol–water partition coefficient (Wildman–Crippen LogP) is 4.67. The molecule has 0 aliphatic rings. The van der Waals surface area contributed by atoms with E-state index in [2.05, 4.69) is 46.4 Å². The predicted molar refractivity (Wildman–Crippen MR) is 66.7 cm³/mol. The highest BCUT2D eigenvalue weighted by molar-refractivity contribution is 5.66. The van der Waals surface area contributed by atoms with Crippen molar-refractivity contribution in [2.45, 2.75) is 41.5 Å². The molecule has 0 aliphatic heterocycles. The van der Waals surface area contributed by atoms with E-state index >= 15 is 0 Å². The molecular weight excluding hydrogens is 168 g/mol. The highest BCUT2D eigenvalue weighted by Gasteiger charge is 2.02. The SMILES string of the molecule is C=C(C)c1ccc(C)c(C)c1C.CC. The molecule has 0 N–H and O–H groups in total. The van der Waals surface area contributed by atoms with Gasteiger partial charge in [-0.05, 0) is 49.9 Å². The fourth-order valence-corrected chi connectivity index (χ4v) is 1.42. The van der Waals surface area contributed by atoms with Crippen LogP contribution in [0.25, 0.3) is 5.57 Å². The summed E-state index contributed by atoms with van der Waals surface area (Å²) in [6.45, 7) is 16.5. The molecule has 14 heavy (non-hydrogen) atoms. The lowest BCUT2D eigenvalue weighted by atomic mass is 9.95. The zero-order valence-corrected chi connectivity index (χ0v) is 10.4. The van der Waals surface area contributed by atoms with Crippen LogP contribution in [0.2, 0.25) is 0 Å². The Hall–Kier alpha value is -1.04. The van der Waals surface area contributed by atoms with Crippen LogP contribution < -0.4 is 0 Å². The lowest BCUT2D eigenvalue weighted by molar-refractivity contribution is 1.25. The fraction of sp³-hybridized carbons (Fsp3) is 0.429. The van der Waals surface area contributed by atoms with Crippen LogP contribution in [0.15, 0.2) is 18.7 Å². The minimum atomic E-state index is 1.15. The largest absolute Gasteiger partial charge is 0.0955 e. The topological polar surface area (TPSA) is 0 Å². The Morgan fingerprint density at radius 3 is 1.93 bits per heavy atom. The smallest absolute Gasteiger partial charge is 0.0201 e. The van der Waals surface area contributed by atoms with Crippen molar-refractivity contribution >= 4 is 5.57 Å². The van der Waals surface area contributed by atoms with Crippen molar-refractivity contribution in [3.63, 3.8) is 0 Å². The van der Waals surface area contributed by atoms with E-state index in [9.17, 15) is 0 Å². The highest BCUT2D eigenvalue weighted by atomic mass is 14.1. The third-order valence-corrected chi connectivity index (χ3v) is 2.52. The highest BCUT2D eigenvalue weighted by Crippen LogP contribution is 2.21. The van der Waals surface area contributed by atoms with Crippen molar-refractivity contribution in [3.8, 4) is 0 Å². The van der Waals surface area contributed by atoms with Gasteiger partial charge in [-0.3, -0.25) is 0 Å². The molecule has 0 unspecified atom stereocenters. The number of benzene rings is 1. The van der Waals surface area contributed by atoms with Gasteiger partial charge in [-0.15, -0.1) is 0 Å². The third kappa shape index (κ3) is 2.73. The Morgan fingerprint density at radius 1 is 1.00 bits per heavy atom. The average molecular weight is 190 g/mol. The zero-order valence-electron chi connectivity index (χ0n) is 10.4. The molecule has 0 radical (unpaired) electrons. The van der Waals surface area contributed by atoms with Crippen molar-refractivity contribution in [1.82, 2.24) is 0 Å². The van der Waals surface area contributed by atoms with Gasteiger partial charge in [0.05, 0.1) is 0 Å². The van der Waals surface area contributed by atoms with E-state index in [0.717, 1.165) is 5.57 Å². The second-order valence-electron chi connectivity index (χ2n) is 3.46. The lowest BCUT2D eigenvalue weighted by Gasteiger charge is -2.10. The van der Waals surface area contributed by atoms with E-state index in [1.807, 2.05) is 13.8 Å². The first-order chi connectivity index (χ1) is 6.54. The number of hydrogen-bond acceptors (Lipinski definition) is 0. The summed E-state index contributed by atoms with van der Waals surface area (Å²) in [5.41, 5.74) is 6.55. The maximum Gasteiger partial charge on any atom is -0.0201 e. The monoisotopic (exact) mass is 190 g/mol. The van der Waals surface area contributed by atoms with Crippen molar-refractivity contribution in [2.75, 3.05) is 0 Å². The van der Waals surface area contributed by atoms with Crippen LogP contribution in [0.5, 0.6) is 0 Å². The van der Waals surface area contributed by atoms with Crippen LogP contribution in [-0.2, 0) is 0 Å². The summed E-state index contributed by atoms with van der Waals surface area (Å²) in [6, 6.07) is 4.31. The molecule has 0 bridgehead atoms. The van der Waals surface area contributed by atoms with Crippen LogP contribution in [0, 0.1) is 20.8 Å². The first kappa shape index (κ1) is 13.0. The van der Waals surface area contributed by atoms with Crippen LogP contribution >= 0.6 is 0 Å². The number of allylic oxidation sites excluding steroid dienone is 1. The Morgan fingerprint density at radius 2 is 1.50 bits per heavy atom. The molecule has 1 aromatic carbocycles. The standard InChI is InChI=1S/C12H16.C2H6/c1-8(2)12-7-6-9(3)10(4)11(12)5;1-2/h6-7H,1H2,2-5H3;1-2H3. The molecule has 0 atom stereocenters. The van der Waals surface area contributed by atoms with E-state index in [-0.39, 0.29) is 0 Å². The van der Waals surface area contributed by atoms with Crippen LogP contribution in [-0.4, -0.2) is 0 Å². The van der Waals surface area contributed by atoms with Crippen molar-refractivity contribution in [1.29, 1.82) is 0 Å². The summed E-state index contributed by atoms with van der Waals surface area (Å²) in [4.78, 5) is 0. The lowest BCUT2D eigenvalue weighted by Crippen LogP contribution is -1.91. The molecule has 0 nitrogen and oxygen atoms in total. The molecule has 0 aliphatic carbocycles. The van der Waals surface area contributed by atoms with E-state index in [1.165, 1.54) is 22.3 Å². The van der Waals surface area contributed by atoms with Crippen molar-refractivity contribution in [2.24, 2.45) is 0 Å². The third-order valence-electron chi connectivity index (χ3n) is 2.52. The molecule has 0 aromatic heterocycles. The van der Waals surface area contributed by atoms with E-state index in [0.29, 0.717) is 0 Å². The molecule has 0 amide bonds. The van der Waals surface area contributed by atoms with Gasteiger partial charge in [-0.25, -0.2) is 0 Å². The molecule has 0 heterocycles. The van der Waals surface area contributed by atoms with Gasteiger partial charge in [0.2, 0.25) is 0 Å². The van der Waals surface area contributed by atoms with E-state index in [1.54, 1.807) is 0 Å². The molecule has 0 saturated carbocycles. The maximum atomic E-state index is 3.96. The summed E-state index contributed by atoms with van der Waals surface area (Å²) in [5, 5.41) is 0. The minimum Gasteiger partial charge on any atom is -0.0955 e. The minimum absolute atomic E-state index is 1.15. The fourth-order valence-electron chi connectivity index (χ4n) is 1.42.